The summed E-state index contributed by atoms with van der Waals surface area (Å²) < 4.78 is 5.17. The van der Waals surface area contributed by atoms with E-state index in [2.05, 4.69) is 19.6 Å². The Labute approximate surface area is 103 Å². The zero-order valence-electron chi connectivity index (χ0n) is 10.1. The van der Waals surface area contributed by atoms with Crippen molar-refractivity contribution in [3.8, 4) is 0 Å². The molecule has 5 heteroatoms. The highest BCUT2D eigenvalue weighted by Crippen LogP contribution is 2.44. The fraction of sp³-hybridized carbons (Fsp3) is 0.818. The van der Waals surface area contributed by atoms with Gasteiger partial charge in [0.2, 0.25) is 0 Å². The number of carbonyl (C=O) groups is 2. The molecular weight excluding hydrogens is 244 g/mol. The molecule has 0 heterocycles. The summed E-state index contributed by atoms with van der Waals surface area (Å²) in [4.78, 5) is 22.7. The summed E-state index contributed by atoms with van der Waals surface area (Å²) in [6.45, 7) is 7.05. The van der Waals surface area contributed by atoms with E-state index in [1.165, 1.54) is 0 Å². The molecule has 0 N–H and O–H groups in total. The Morgan fingerprint density at radius 3 is 2.50 bits per heavy atom. The molecule has 1 rings (SSSR count). The zero-order chi connectivity index (χ0) is 12.4. The van der Waals surface area contributed by atoms with Crippen LogP contribution in [-0.2, 0) is 14.3 Å². The summed E-state index contributed by atoms with van der Waals surface area (Å²) in [5.74, 6) is -0.438. The molecule has 1 saturated carbocycles. The van der Waals surface area contributed by atoms with Gasteiger partial charge in [-0.25, -0.2) is 0 Å². The van der Waals surface area contributed by atoms with Gasteiger partial charge in [0, 0.05) is 8.07 Å². The van der Waals surface area contributed by atoms with Crippen molar-refractivity contribution in [2.75, 3.05) is 6.61 Å². The molecule has 1 aliphatic carbocycles. The van der Waals surface area contributed by atoms with E-state index in [9.17, 15) is 9.59 Å². The van der Waals surface area contributed by atoms with Crippen molar-refractivity contribution in [1.82, 2.24) is 0 Å². The van der Waals surface area contributed by atoms with Crippen LogP contribution in [0.15, 0.2) is 0 Å². The monoisotopic (exact) mass is 262 g/mol. The fourth-order valence-corrected chi connectivity index (χ4v) is 2.63. The van der Waals surface area contributed by atoms with Crippen LogP contribution in [0.2, 0.25) is 25.7 Å². The number of halogens is 1. The molecule has 0 bridgehead atoms. The maximum absolute atomic E-state index is 11.8. The van der Waals surface area contributed by atoms with Crippen molar-refractivity contribution in [2.45, 2.75) is 43.9 Å². The molecule has 0 spiro atoms. The standard InChI is InChI=1S/C11H19ClO3Si/c1-16(2,3)7-6-15-10(14)11(8-13)5-4-9(11)12/h8-9H,4-7H2,1-3H3/t9-,11-/m1/s1. The Balaban J connectivity index is 2.43. The van der Waals surface area contributed by atoms with E-state index in [1.807, 2.05) is 0 Å². The highest BCUT2D eigenvalue weighted by molar-refractivity contribution is 6.76. The first-order chi connectivity index (χ1) is 7.32. The lowest BCUT2D eigenvalue weighted by Crippen LogP contribution is -2.50. The van der Waals surface area contributed by atoms with Gasteiger partial charge < -0.3 is 9.53 Å². The van der Waals surface area contributed by atoms with Crippen molar-refractivity contribution in [2.24, 2.45) is 5.41 Å². The predicted octanol–water partition coefficient (Wildman–Crippen LogP) is 2.45. The number of esters is 1. The Morgan fingerprint density at radius 2 is 2.19 bits per heavy atom. The van der Waals surface area contributed by atoms with Crippen molar-refractivity contribution >= 4 is 31.9 Å². The van der Waals surface area contributed by atoms with Gasteiger partial charge in [-0.05, 0) is 18.9 Å². The fourth-order valence-electron chi connectivity index (χ4n) is 1.56. The Morgan fingerprint density at radius 1 is 1.56 bits per heavy atom. The Kier molecular flexibility index (Phi) is 4.18. The van der Waals surface area contributed by atoms with Crippen LogP contribution in [-0.4, -0.2) is 32.3 Å². The smallest absolute Gasteiger partial charge is 0.320 e. The van der Waals surface area contributed by atoms with E-state index in [0.29, 0.717) is 25.7 Å². The van der Waals surface area contributed by atoms with E-state index in [-0.39, 0.29) is 5.38 Å². The molecule has 0 aromatic heterocycles. The van der Waals surface area contributed by atoms with Gasteiger partial charge in [-0.2, -0.15) is 0 Å². The summed E-state index contributed by atoms with van der Waals surface area (Å²) in [6, 6.07) is 0.917. The molecule has 3 nitrogen and oxygen atoms in total. The molecule has 1 aliphatic rings. The minimum Gasteiger partial charge on any atom is -0.465 e. The topological polar surface area (TPSA) is 43.4 Å². The van der Waals surface area contributed by atoms with Crippen molar-refractivity contribution in [3.05, 3.63) is 0 Å². The SMILES string of the molecule is C[Si](C)(C)CCOC(=O)[C@@]1(C=O)CC[C@H]1Cl. The molecule has 0 unspecified atom stereocenters. The number of hydrogen-bond donors (Lipinski definition) is 0. The average molecular weight is 263 g/mol. The maximum atomic E-state index is 11.8. The maximum Gasteiger partial charge on any atom is 0.320 e. The van der Waals surface area contributed by atoms with E-state index in [0.717, 1.165) is 6.04 Å². The Hall–Kier alpha value is -0.353. The molecular formula is C11H19ClO3Si. The molecule has 0 aromatic rings. The van der Waals surface area contributed by atoms with Crippen LogP contribution >= 0.6 is 11.6 Å². The third kappa shape index (κ3) is 2.86. The van der Waals surface area contributed by atoms with Crippen LogP contribution in [0, 0.1) is 5.41 Å². The minimum absolute atomic E-state index is 0.385. The molecule has 0 radical (unpaired) electrons. The zero-order valence-corrected chi connectivity index (χ0v) is 11.8. The highest BCUT2D eigenvalue weighted by Gasteiger charge is 2.53. The summed E-state index contributed by atoms with van der Waals surface area (Å²) in [7, 11) is -1.20. The third-order valence-electron chi connectivity index (χ3n) is 3.05. The van der Waals surface area contributed by atoms with Gasteiger partial charge in [-0.1, -0.05) is 19.6 Å². The average Bonchev–Trinajstić information content (AvgIpc) is 2.15. The van der Waals surface area contributed by atoms with Crippen LogP contribution in [0.4, 0.5) is 0 Å². The van der Waals surface area contributed by atoms with Crippen LogP contribution in [0.3, 0.4) is 0 Å². The van der Waals surface area contributed by atoms with Gasteiger partial charge in [0.25, 0.3) is 0 Å². The van der Waals surface area contributed by atoms with Crippen LogP contribution in [0.1, 0.15) is 12.8 Å². The second-order valence-corrected chi connectivity index (χ2v) is 11.8. The lowest BCUT2D eigenvalue weighted by atomic mass is 9.69. The number of carbonyl (C=O) groups excluding carboxylic acids is 2. The minimum atomic E-state index is -1.20. The van der Waals surface area contributed by atoms with E-state index >= 15 is 0 Å². The molecule has 16 heavy (non-hydrogen) atoms. The molecule has 0 saturated heterocycles. The van der Waals surface area contributed by atoms with Crippen LogP contribution in [0.5, 0.6) is 0 Å². The highest BCUT2D eigenvalue weighted by atomic mass is 35.5. The van der Waals surface area contributed by atoms with Gasteiger partial charge in [0.1, 0.15) is 11.7 Å². The second-order valence-electron chi connectivity index (χ2n) is 5.61. The largest absolute Gasteiger partial charge is 0.465 e. The van der Waals surface area contributed by atoms with Crippen molar-refractivity contribution < 1.29 is 14.3 Å². The van der Waals surface area contributed by atoms with Crippen molar-refractivity contribution in [3.63, 3.8) is 0 Å². The van der Waals surface area contributed by atoms with Crippen LogP contribution < -0.4 is 0 Å². The lowest BCUT2D eigenvalue weighted by molar-refractivity contribution is -0.161. The molecule has 2 atom stereocenters. The summed E-state index contributed by atoms with van der Waals surface area (Å²) >= 11 is 5.91. The van der Waals surface area contributed by atoms with Gasteiger partial charge >= 0.3 is 5.97 Å². The van der Waals surface area contributed by atoms with Gasteiger partial charge in [0.15, 0.2) is 0 Å². The van der Waals surface area contributed by atoms with Crippen LogP contribution in [0.25, 0.3) is 0 Å². The first kappa shape index (κ1) is 13.7. The van der Waals surface area contributed by atoms with Crippen molar-refractivity contribution in [1.29, 1.82) is 0 Å². The van der Waals surface area contributed by atoms with Gasteiger partial charge in [-0.3, -0.25) is 4.79 Å². The molecule has 1 fully saturated rings. The lowest BCUT2D eigenvalue weighted by Gasteiger charge is -2.39. The molecule has 0 aromatic carbocycles. The van der Waals surface area contributed by atoms with Gasteiger partial charge in [0.05, 0.1) is 12.0 Å². The molecule has 92 valence electrons. The van der Waals surface area contributed by atoms with Gasteiger partial charge in [-0.15, -0.1) is 11.6 Å². The second kappa shape index (κ2) is 4.88. The number of ether oxygens (including phenoxy) is 1. The molecule has 0 aliphatic heterocycles. The predicted molar refractivity (Wildman–Crippen MR) is 66.5 cm³/mol. The first-order valence-corrected chi connectivity index (χ1v) is 9.74. The number of aldehydes is 1. The first-order valence-electron chi connectivity index (χ1n) is 5.59. The summed E-state index contributed by atoms with van der Waals surface area (Å²) in [5, 5.41) is -0.385. The molecule has 0 amide bonds. The quantitative estimate of drug-likeness (QED) is 0.251. The van der Waals surface area contributed by atoms with E-state index in [1.54, 1.807) is 0 Å². The van der Waals surface area contributed by atoms with E-state index in [4.69, 9.17) is 16.3 Å². The number of alkyl halides is 1. The number of hydrogen-bond acceptors (Lipinski definition) is 3. The number of rotatable bonds is 5. The Bertz CT molecular complexity index is 287. The summed E-state index contributed by atoms with van der Waals surface area (Å²) in [5.41, 5.74) is -1.05. The van der Waals surface area contributed by atoms with E-state index < -0.39 is 19.5 Å². The normalized spacial score (nSPS) is 29.4. The third-order valence-corrected chi connectivity index (χ3v) is 5.36. The summed E-state index contributed by atoms with van der Waals surface area (Å²) in [6.07, 6.45) is 1.89.